The highest BCUT2D eigenvalue weighted by atomic mass is 31.2. The third-order valence-corrected chi connectivity index (χ3v) is 18.8. The number of hydrogen-bond acceptors (Lipinski definition) is 15. The minimum Gasteiger partial charge on any atom is -0.462 e. The number of ether oxygens (including phenoxy) is 4. The Labute approximate surface area is 632 Å². The van der Waals surface area contributed by atoms with E-state index in [4.69, 9.17) is 37.0 Å². The van der Waals surface area contributed by atoms with E-state index in [9.17, 15) is 43.2 Å². The normalized spacial score (nSPS) is 14.5. The summed E-state index contributed by atoms with van der Waals surface area (Å²) < 4.78 is 68.6. The molecule has 0 amide bonds. The molecular formula is C85H146O17P2. The first kappa shape index (κ1) is 99.5. The molecule has 5 atom stereocenters. The zero-order valence-electron chi connectivity index (χ0n) is 65.4. The van der Waals surface area contributed by atoms with Crippen LogP contribution < -0.4 is 0 Å². The monoisotopic (exact) mass is 1500 g/mol. The molecule has 0 aromatic heterocycles. The molecule has 0 radical (unpaired) electrons. The molecule has 0 fully saturated rings. The molecule has 0 aromatic carbocycles. The zero-order chi connectivity index (χ0) is 76.0. The lowest BCUT2D eigenvalue weighted by Crippen LogP contribution is -2.30. The van der Waals surface area contributed by atoms with Gasteiger partial charge in [-0.1, -0.05) is 303 Å². The maximum absolute atomic E-state index is 13.1. The summed E-state index contributed by atoms with van der Waals surface area (Å²) in [5.41, 5.74) is 0. The van der Waals surface area contributed by atoms with Gasteiger partial charge in [-0.2, -0.15) is 0 Å². The maximum Gasteiger partial charge on any atom is 0.472 e. The molecule has 0 aromatic rings. The topological polar surface area (TPSA) is 237 Å². The van der Waals surface area contributed by atoms with Crippen molar-refractivity contribution in [3.63, 3.8) is 0 Å². The summed E-state index contributed by atoms with van der Waals surface area (Å²) in [6.07, 6.45) is 84.6. The number of hydrogen-bond donors (Lipinski definition) is 3. The molecule has 19 heteroatoms. The van der Waals surface area contributed by atoms with Gasteiger partial charge in [-0.15, -0.1) is 0 Å². The fourth-order valence-electron chi connectivity index (χ4n) is 10.8. The summed E-state index contributed by atoms with van der Waals surface area (Å²) in [6.45, 7) is 4.58. The average Bonchev–Trinajstić information content (AvgIpc) is 0.926. The van der Waals surface area contributed by atoms with Crippen LogP contribution in [-0.2, 0) is 65.4 Å². The second-order valence-electron chi connectivity index (χ2n) is 27.0. The van der Waals surface area contributed by atoms with Crippen LogP contribution in [0.2, 0.25) is 0 Å². The van der Waals surface area contributed by atoms with Crippen molar-refractivity contribution in [3.05, 3.63) is 122 Å². The van der Waals surface area contributed by atoms with Crippen molar-refractivity contribution >= 4 is 39.5 Å². The summed E-state index contributed by atoms with van der Waals surface area (Å²) in [6, 6.07) is 0. The van der Waals surface area contributed by atoms with Gasteiger partial charge >= 0.3 is 39.5 Å². The van der Waals surface area contributed by atoms with Crippen LogP contribution in [0.15, 0.2) is 122 Å². The Morgan fingerprint density at radius 2 is 0.510 bits per heavy atom. The Kier molecular flexibility index (Phi) is 73.3. The molecule has 5 unspecified atom stereocenters. The molecule has 0 spiro atoms. The predicted molar refractivity (Wildman–Crippen MR) is 427 cm³/mol. The van der Waals surface area contributed by atoms with Crippen molar-refractivity contribution in [2.24, 2.45) is 0 Å². The third kappa shape index (κ3) is 75.7. The van der Waals surface area contributed by atoms with Gasteiger partial charge in [-0.25, -0.2) is 9.13 Å². The fraction of sp³-hybridized carbons (Fsp3) is 0.718. The summed E-state index contributed by atoms with van der Waals surface area (Å²) in [4.78, 5) is 73.1. The van der Waals surface area contributed by atoms with E-state index in [1.165, 1.54) is 83.5 Å². The van der Waals surface area contributed by atoms with Crippen molar-refractivity contribution < 1.29 is 80.2 Å². The van der Waals surface area contributed by atoms with Crippen LogP contribution in [0.25, 0.3) is 0 Å². The van der Waals surface area contributed by atoms with Gasteiger partial charge < -0.3 is 33.8 Å². The Morgan fingerprint density at radius 3 is 0.827 bits per heavy atom. The second-order valence-corrected chi connectivity index (χ2v) is 29.9. The molecule has 598 valence electrons. The van der Waals surface area contributed by atoms with Gasteiger partial charge in [0.25, 0.3) is 0 Å². The molecular weight excluding hydrogens is 1350 g/mol. The van der Waals surface area contributed by atoms with E-state index in [-0.39, 0.29) is 25.7 Å². The number of carbonyl (C=O) groups excluding carboxylic acids is 4. The summed E-state index contributed by atoms with van der Waals surface area (Å²) in [5, 5.41) is 10.7. The smallest absolute Gasteiger partial charge is 0.462 e. The zero-order valence-corrected chi connectivity index (χ0v) is 67.2. The van der Waals surface area contributed by atoms with Crippen molar-refractivity contribution in [2.75, 3.05) is 39.6 Å². The van der Waals surface area contributed by atoms with Crippen LogP contribution in [0.4, 0.5) is 0 Å². The van der Waals surface area contributed by atoms with E-state index < -0.39 is 97.5 Å². The van der Waals surface area contributed by atoms with Gasteiger partial charge in [0.15, 0.2) is 12.2 Å². The third-order valence-electron chi connectivity index (χ3n) is 16.9. The van der Waals surface area contributed by atoms with Crippen LogP contribution in [0, 0.1) is 0 Å². The van der Waals surface area contributed by atoms with E-state index in [2.05, 4.69) is 137 Å². The van der Waals surface area contributed by atoms with Crippen molar-refractivity contribution in [3.8, 4) is 0 Å². The number of rotatable bonds is 76. The van der Waals surface area contributed by atoms with Crippen molar-refractivity contribution in [1.29, 1.82) is 0 Å². The van der Waals surface area contributed by atoms with E-state index in [0.29, 0.717) is 32.1 Å². The molecule has 0 saturated heterocycles. The second kappa shape index (κ2) is 76.6. The van der Waals surface area contributed by atoms with Gasteiger partial charge in [-0.05, 0) is 128 Å². The first-order valence-electron chi connectivity index (χ1n) is 40.8. The van der Waals surface area contributed by atoms with E-state index in [0.717, 1.165) is 167 Å². The SMILES string of the molecule is CC/C=C\C/C=C\C/C=C\C/C=C\C/C=C\CCCC(=O)OCC(COP(=O)(O)OCC(O)COP(=O)(O)OCC(COC(=O)CCCCCCC/C=C\C/C=C\CCCCC)OC(=O)CCCCCCCCCCCCCCCCC)OC(=O)CCCCCCCCC/C=C\C/C=C\C/C=C\CC. The lowest BCUT2D eigenvalue weighted by Gasteiger charge is -2.21. The molecule has 0 aliphatic carbocycles. The number of phosphoric ester groups is 2. The van der Waals surface area contributed by atoms with E-state index >= 15 is 0 Å². The highest BCUT2D eigenvalue weighted by molar-refractivity contribution is 7.47. The van der Waals surface area contributed by atoms with Crippen LogP contribution in [0.5, 0.6) is 0 Å². The van der Waals surface area contributed by atoms with Crippen LogP contribution >= 0.6 is 15.6 Å². The van der Waals surface area contributed by atoms with Gasteiger partial charge in [0.2, 0.25) is 0 Å². The van der Waals surface area contributed by atoms with Crippen LogP contribution in [0.1, 0.15) is 336 Å². The Balaban J connectivity index is 5.42. The first-order valence-corrected chi connectivity index (χ1v) is 43.8. The molecule has 0 saturated carbocycles. The molecule has 0 heterocycles. The van der Waals surface area contributed by atoms with Crippen molar-refractivity contribution in [1.82, 2.24) is 0 Å². The van der Waals surface area contributed by atoms with Gasteiger partial charge in [0.1, 0.15) is 19.3 Å². The standard InChI is InChI=1S/C85H146O17P2/c1-5-9-13-17-21-25-29-33-37-39-43-46-50-54-58-62-66-70-83(88)96-76-81(102-85(90)72-68-64-60-56-52-48-44-40-38-34-30-26-22-18-14-10-6-2)78-100-104(93,94)98-74-79(86)73-97-103(91,92)99-77-80(101-84(89)71-67-63-59-55-51-47-42-36-32-28-24-20-16-12-8-4)75-95-82(87)69-65-61-57-53-49-45-41-35-31-27-23-19-15-11-7-3/h9-10,13-14,21-23,25-27,33-35,37-38,41,43,46,54,58,79-81,86H,5-8,11-12,15-20,24,28-32,36,39-40,42,44-45,47-53,55-57,59-78H2,1-4H3,(H,91,92)(H,93,94)/b13-9-,14-10-,25-21-,26-22-,27-23-,37-33-,38-34-,41-35-,46-43-,58-54-. The number of aliphatic hydroxyl groups excluding tert-OH is 1. The van der Waals surface area contributed by atoms with Gasteiger partial charge in [0, 0.05) is 25.7 Å². The summed E-state index contributed by atoms with van der Waals surface area (Å²) in [7, 11) is -9.98. The quantitative estimate of drug-likeness (QED) is 0.0169. The van der Waals surface area contributed by atoms with Gasteiger partial charge in [0.05, 0.1) is 26.4 Å². The number of carbonyl (C=O) groups is 4. The molecule has 104 heavy (non-hydrogen) atoms. The molecule has 17 nitrogen and oxygen atoms in total. The fourth-order valence-corrected chi connectivity index (χ4v) is 12.4. The summed E-state index contributed by atoms with van der Waals surface area (Å²) >= 11 is 0. The minimum atomic E-state index is -5.00. The first-order chi connectivity index (χ1) is 50.7. The number of allylic oxidation sites excluding steroid dienone is 20. The molecule has 0 aliphatic heterocycles. The largest absolute Gasteiger partial charge is 0.472 e. The molecule has 0 rings (SSSR count). The average molecular weight is 1500 g/mol. The Hall–Kier alpha value is -4.54. The number of aliphatic hydroxyl groups is 1. The molecule has 0 aliphatic rings. The summed E-state index contributed by atoms with van der Waals surface area (Å²) in [5.74, 6) is -2.25. The maximum atomic E-state index is 13.1. The van der Waals surface area contributed by atoms with Crippen LogP contribution in [0.3, 0.4) is 0 Å². The number of phosphoric acid groups is 2. The Bertz CT molecular complexity index is 2440. The Morgan fingerprint density at radius 1 is 0.279 bits per heavy atom. The van der Waals surface area contributed by atoms with E-state index in [1.54, 1.807) is 0 Å². The van der Waals surface area contributed by atoms with Crippen molar-refractivity contribution in [2.45, 2.75) is 354 Å². The predicted octanol–water partition coefficient (Wildman–Crippen LogP) is 23.9. The number of esters is 4. The lowest BCUT2D eigenvalue weighted by molar-refractivity contribution is -0.161. The number of unbranched alkanes of at least 4 members (excludes halogenated alkanes) is 30. The van der Waals surface area contributed by atoms with Gasteiger partial charge in [-0.3, -0.25) is 37.3 Å². The highest BCUT2D eigenvalue weighted by Gasteiger charge is 2.30. The molecule has 3 N–H and O–H groups in total. The van der Waals surface area contributed by atoms with E-state index in [1.807, 2.05) is 12.2 Å². The molecule has 0 bridgehead atoms. The highest BCUT2D eigenvalue weighted by Crippen LogP contribution is 2.45. The minimum absolute atomic E-state index is 0.0692. The van der Waals surface area contributed by atoms with Crippen LogP contribution in [-0.4, -0.2) is 96.7 Å². The lowest BCUT2D eigenvalue weighted by atomic mass is 10.0.